The lowest BCUT2D eigenvalue weighted by atomic mass is 9.95. The molecule has 9 rings (SSSR count). The predicted octanol–water partition coefficient (Wildman–Crippen LogP) is 9.92. The van der Waals surface area contributed by atoms with Gasteiger partial charge in [0.05, 0.1) is 17.1 Å². The van der Waals surface area contributed by atoms with Crippen LogP contribution in [0.15, 0.2) is 176 Å². The Morgan fingerprint density at radius 1 is 0.551 bits per heavy atom. The summed E-state index contributed by atoms with van der Waals surface area (Å²) in [5.41, 5.74) is 13.2. The number of hydrogen-bond acceptors (Lipinski definition) is 3. The van der Waals surface area contributed by atoms with Crippen LogP contribution in [-0.4, -0.2) is 11.1 Å². The number of benzene rings is 6. The topological polar surface area (TPSA) is 41.0 Å². The fourth-order valence-corrected chi connectivity index (χ4v) is 7.24. The van der Waals surface area contributed by atoms with Crippen molar-refractivity contribution in [1.29, 1.82) is 0 Å². The number of dihydropyridines is 1. The normalized spacial score (nSPS) is 17.3. The number of nitrogens with one attached hydrogen (secondary N) is 3. The molecule has 3 heterocycles. The molecule has 0 bridgehead atoms. The van der Waals surface area contributed by atoms with Crippen LogP contribution in [-0.2, 0) is 0 Å². The van der Waals surface area contributed by atoms with Gasteiger partial charge >= 0.3 is 0 Å². The number of aromatic nitrogens is 1. The average Bonchev–Trinajstić information content (AvgIpc) is 3.52. The standard InChI is InChI=1S/C45H36N4/c1-3-9-36(10-4-1)45-47-41(34-19-15-31(16-20-34)33-25-27-46-28-26-33)30-42(48-45)35-21-17-32(18-22-35)37-23-24-44-40(29-37)39-13-7-8-14-43(39)49(44)38-11-5-2-6-12-38/h1-27,29-30,42,45-48H,28H2. The zero-order valence-electron chi connectivity index (χ0n) is 27.1. The van der Waals surface area contributed by atoms with Crippen LogP contribution in [0.25, 0.3) is 49.9 Å². The van der Waals surface area contributed by atoms with Gasteiger partial charge in [-0.2, -0.15) is 0 Å². The maximum Gasteiger partial charge on any atom is 0.104 e. The first kappa shape index (κ1) is 29.1. The molecular formula is C45H36N4. The Hall–Kier alpha value is -6.10. The zero-order valence-corrected chi connectivity index (χ0v) is 27.1. The summed E-state index contributed by atoms with van der Waals surface area (Å²) in [6.45, 7) is 0.860. The molecule has 2 aliphatic heterocycles. The summed E-state index contributed by atoms with van der Waals surface area (Å²) in [5, 5.41) is 13.4. The third-order valence-corrected chi connectivity index (χ3v) is 9.75. The quantitative estimate of drug-likeness (QED) is 0.171. The van der Waals surface area contributed by atoms with Gasteiger partial charge in [0.25, 0.3) is 0 Å². The third-order valence-electron chi connectivity index (χ3n) is 9.75. The van der Waals surface area contributed by atoms with Gasteiger partial charge in [-0.15, -0.1) is 0 Å². The number of rotatable bonds is 6. The van der Waals surface area contributed by atoms with Crippen molar-refractivity contribution >= 4 is 33.1 Å². The van der Waals surface area contributed by atoms with Crippen molar-refractivity contribution in [3.8, 4) is 16.8 Å². The number of allylic oxidation sites excluding steroid dienone is 2. The minimum atomic E-state index is -0.0232. The molecule has 4 heteroatoms. The molecule has 0 fully saturated rings. The minimum Gasteiger partial charge on any atom is -0.387 e. The minimum absolute atomic E-state index is 0.0232. The molecule has 2 unspecified atom stereocenters. The Labute approximate surface area is 286 Å². The average molecular weight is 633 g/mol. The van der Waals surface area contributed by atoms with E-state index in [0.29, 0.717) is 0 Å². The molecule has 2 aliphatic rings. The van der Waals surface area contributed by atoms with E-state index in [9.17, 15) is 0 Å². The van der Waals surface area contributed by atoms with Crippen LogP contribution in [0.2, 0.25) is 0 Å². The van der Waals surface area contributed by atoms with E-state index < -0.39 is 0 Å². The lowest BCUT2D eigenvalue weighted by Gasteiger charge is -2.33. The van der Waals surface area contributed by atoms with Crippen molar-refractivity contribution in [2.75, 3.05) is 6.54 Å². The van der Waals surface area contributed by atoms with Crippen LogP contribution in [0.5, 0.6) is 0 Å². The second-order valence-electron chi connectivity index (χ2n) is 12.7. The largest absolute Gasteiger partial charge is 0.387 e. The fourth-order valence-electron chi connectivity index (χ4n) is 7.24. The van der Waals surface area contributed by atoms with E-state index in [1.165, 1.54) is 66.4 Å². The lowest BCUT2D eigenvalue weighted by molar-refractivity contribution is 0.442. The Balaban J connectivity index is 1.05. The molecule has 0 saturated heterocycles. The first-order valence-corrected chi connectivity index (χ1v) is 17.0. The monoisotopic (exact) mass is 632 g/mol. The fraction of sp³-hybridized carbons (Fsp3) is 0.0667. The molecule has 0 aliphatic carbocycles. The molecule has 6 aromatic carbocycles. The van der Waals surface area contributed by atoms with Crippen molar-refractivity contribution in [3.05, 3.63) is 198 Å². The van der Waals surface area contributed by atoms with Gasteiger partial charge in [-0.1, -0.05) is 127 Å². The van der Waals surface area contributed by atoms with Gasteiger partial charge in [0.2, 0.25) is 0 Å². The second-order valence-corrected chi connectivity index (χ2v) is 12.7. The van der Waals surface area contributed by atoms with Crippen molar-refractivity contribution in [1.82, 2.24) is 20.5 Å². The van der Waals surface area contributed by atoms with Crippen LogP contribution in [0.4, 0.5) is 0 Å². The highest BCUT2D eigenvalue weighted by Gasteiger charge is 2.24. The van der Waals surface area contributed by atoms with Crippen LogP contribution in [0.1, 0.15) is 34.5 Å². The summed E-state index contributed by atoms with van der Waals surface area (Å²) in [6.07, 6.45) is 8.67. The van der Waals surface area contributed by atoms with Crippen LogP contribution >= 0.6 is 0 Å². The molecule has 0 amide bonds. The van der Waals surface area contributed by atoms with Crippen LogP contribution in [0, 0.1) is 0 Å². The SMILES string of the molecule is C1=CC(c2ccc(C3=CC(c4ccc(-c5ccc6c(c5)c5ccccc5n6-c5ccccc5)cc4)NC(c4ccccc4)N3)cc2)=CCN1. The molecule has 4 nitrogen and oxygen atoms in total. The van der Waals surface area contributed by atoms with Crippen molar-refractivity contribution in [3.63, 3.8) is 0 Å². The number of fused-ring (bicyclic) bond motifs is 3. The Morgan fingerprint density at radius 2 is 1.22 bits per heavy atom. The summed E-state index contributed by atoms with van der Waals surface area (Å²) in [4.78, 5) is 0. The summed E-state index contributed by atoms with van der Waals surface area (Å²) in [7, 11) is 0. The molecule has 0 spiro atoms. The maximum absolute atomic E-state index is 3.86. The van der Waals surface area contributed by atoms with Gasteiger partial charge in [0.15, 0.2) is 0 Å². The summed E-state index contributed by atoms with van der Waals surface area (Å²) in [5.74, 6) is 0. The second kappa shape index (κ2) is 12.5. The summed E-state index contributed by atoms with van der Waals surface area (Å²) in [6, 6.07) is 54.8. The Kier molecular flexibility index (Phi) is 7.41. The van der Waals surface area contributed by atoms with E-state index in [1.54, 1.807) is 0 Å². The van der Waals surface area contributed by atoms with Crippen molar-refractivity contribution in [2.24, 2.45) is 0 Å². The van der Waals surface area contributed by atoms with Crippen molar-refractivity contribution in [2.45, 2.75) is 12.2 Å². The molecule has 1 aromatic heterocycles. The first-order valence-electron chi connectivity index (χ1n) is 17.0. The molecule has 0 saturated carbocycles. The van der Waals surface area contributed by atoms with E-state index in [-0.39, 0.29) is 12.2 Å². The van der Waals surface area contributed by atoms with Gasteiger partial charge in [0, 0.05) is 28.7 Å². The van der Waals surface area contributed by atoms with Gasteiger partial charge in [-0.25, -0.2) is 0 Å². The maximum atomic E-state index is 3.86. The molecule has 3 N–H and O–H groups in total. The Morgan fingerprint density at radius 3 is 2.00 bits per heavy atom. The first-order chi connectivity index (χ1) is 24.3. The number of hydrogen-bond donors (Lipinski definition) is 3. The van der Waals surface area contributed by atoms with Crippen LogP contribution < -0.4 is 16.0 Å². The zero-order chi connectivity index (χ0) is 32.6. The molecule has 2 atom stereocenters. The highest BCUT2D eigenvalue weighted by Crippen LogP contribution is 2.36. The van der Waals surface area contributed by atoms with Crippen molar-refractivity contribution < 1.29 is 0 Å². The van der Waals surface area contributed by atoms with E-state index in [1.807, 2.05) is 6.20 Å². The predicted molar refractivity (Wildman–Crippen MR) is 204 cm³/mol. The lowest BCUT2D eigenvalue weighted by Crippen LogP contribution is -2.39. The number of nitrogens with zero attached hydrogens (tertiary/aromatic N) is 1. The molecule has 49 heavy (non-hydrogen) atoms. The molecular weight excluding hydrogens is 597 g/mol. The van der Waals surface area contributed by atoms with Crippen LogP contribution in [0.3, 0.4) is 0 Å². The number of para-hydroxylation sites is 2. The highest BCUT2D eigenvalue weighted by atomic mass is 15.2. The molecule has 0 radical (unpaired) electrons. The van der Waals surface area contributed by atoms with E-state index >= 15 is 0 Å². The molecule has 7 aromatic rings. The Bertz CT molecular complexity index is 2360. The van der Waals surface area contributed by atoms with Gasteiger partial charge in [0.1, 0.15) is 6.17 Å². The summed E-state index contributed by atoms with van der Waals surface area (Å²) < 4.78 is 2.36. The van der Waals surface area contributed by atoms with Gasteiger partial charge < -0.3 is 15.2 Å². The van der Waals surface area contributed by atoms with E-state index in [0.717, 1.165) is 12.2 Å². The van der Waals surface area contributed by atoms with E-state index in [4.69, 9.17) is 0 Å². The third kappa shape index (κ3) is 5.52. The highest BCUT2D eigenvalue weighted by molar-refractivity contribution is 6.10. The summed E-state index contributed by atoms with van der Waals surface area (Å²) >= 11 is 0. The van der Waals surface area contributed by atoms with Gasteiger partial charge in [-0.3, -0.25) is 5.32 Å². The molecule has 236 valence electrons. The smallest absolute Gasteiger partial charge is 0.104 e. The van der Waals surface area contributed by atoms with Gasteiger partial charge in [-0.05, 0) is 87.6 Å². The van der Waals surface area contributed by atoms with E-state index in [2.05, 4.69) is 190 Å².